The van der Waals surface area contributed by atoms with Crippen molar-refractivity contribution in [1.82, 2.24) is 30.2 Å². The molecule has 4 rings (SSSR count). The third-order valence-corrected chi connectivity index (χ3v) is 4.85. The second kappa shape index (κ2) is 7.50. The normalized spacial score (nSPS) is 22.5. The topological polar surface area (TPSA) is 90.3 Å². The van der Waals surface area contributed by atoms with Crippen LogP contribution in [0.25, 0.3) is 5.65 Å². The molecule has 0 spiro atoms. The molecule has 0 bridgehead atoms. The highest BCUT2D eigenvalue weighted by molar-refractivity contribution is 5.85. The van der Waals surface area contributed by atoms with Gasteiger partial charge in [0.1, 0.15) is 0 Å². The van der Waals surface area contributed by atoms with Crippen LogP contribution < -0.4 is 21.2 Å². The molecule has 2 aliphatic heterocycles. The van der Waals surface area contributed by atoms with Gasteiger partial charge in [0.25, 0.3) is 0 Å². The lowest BCUT2D eigenvalue weighted by atomic mass is 10.0. The molecule has 2 fully saturated rings. The van der Waals surface area contributed by atoms with E-state index in [4.69, 9.17) is 0 Å². The van der Waals surface area contributed by atoms with Crippen LogP contribution in [0.1, 0.15) is 25.7 Å². The molecule has 1 atom stereocenters. The summed E-state index contributed by atoms with van der Waals surface area (Å²) in [5.74, 6) is 0.794. The van der Waals surface area contributed by atoms with Gasteiger partial charge in [-0.1, -0.05) is 0 Å². The smallest absolute Gasteiger partial charge is 0.347 e. The Morgan fingerprint density at radius 2 is 2.04 bits per heavy atom. The minimum Gasteiger partial charge on any atom is -0.352 e. The van der Waals surface area contributed by atoms with Gasteiger partial charge in [0.05, 0.1) is 0 Å². The summed E-state index contributed by atoms with van der Waals surface area (Å²) in [6.07, 6.45) is 8.03. The van der Waals surface area contributed by atoms with E-state index in [1.807, 2.05) is 0 Å². The van der Waals surface area contributed by atoms with Gasteiger partial charge in [-0.3, -0.25) is 0 Å². The molecule has 0 aliphatic carbocycles. The Morgan fingerprint density at radius 3 is 2.88 bits per heavy atom. The Bertz CT molecular complexity index is 724. The highest BCUT2D eigenvalue weighted by atomic mass is 35.5. The van der Waals surface area contributed by atoms with Gasteiger partial charge >= 0.3 is 5.69 Å². The van der Waals surface area contributed by atoms with Crippen molar-refractivity contribution in [3.63, 3.8) is 0 Å². The lowest BCUT2D eigenvalue weighted by Gasteiger charge is -2.37. The number of H-pyrrole nitrogens is 1. The van der Waals surface area contributed by atoms with Crippen molar-refractivity contribution in [2.45, 2.75) is 37.8 Å². The SMILES string of the molecule is Cl.O=c1[nH]nc2c(N3CCCC(NC4CCNCC4)C3)nccn12. The van der Waals surface area contributed by atoms with Crippen molar-refractivity contribution in [1.29, 1.82) is 0 Å². The first-order valence-electron chi connectivity index (χ1n) is 8.45. The molecule has 1 unspecified atom stereocenters. The second-order valence-electron chi connectivity index (χ2n) is 6.45. The third-order valence-electron chi connectivity index (χ3n) is 4.85. The van der Waals surface area contributed by atoms with Crippen molar-refractivity contribution in [2.75, 3.05) is 31.1 Å². The van der Waals surface area contributed by atoms with Gasteiger partial charge in [0, 0.05) is 37.6 Å². The van der Waals surface area contributed by atoms with E-state index in [2.05, 4.69) is 30.7 Å². The monoisotopic (exact) mass is 353 g/mol. The maximum Gasteiger partial charge on any atom is 0.347 e. The molecule has 132 valence electrons. The van der Waals surface area contributed by atoms with E-state index in [-0.39, 0.29) is 18.1 Å². The first-order valence-corrected chi connectivity index (χ1v) is 8.45. The molecule has 8 nitrogen and oxygen atoms in total. The zero-order valence-electron chi connectivity index (χ0n) is 13.6. The fourth-order valence-corrected chi connectivity index (χ4v) is 3.68. The molecule has 2 aromatic heterocycles. The van der Waals surface area contributed by atoms with Gasteiger partial charge in [-0.25, -0.2) is 19.3 Å². The van der Waals surface area contributed by atoms with Crippen LogP contribution in [-0.2, 0) is 0 Å². The van der Waals surface area contributed by atoms with E-state index in [0.29, 0.717) is 17.7 Å². The average molecular weight is 354 g/mol. The van der Waals surface area contributed by atoms with E-state index in [1.54, 1.807) is 12.4 Å². The van der Waals surface area contributed by atoms with Crippen molar-refractivity contribution < 1.29 is 0 Å². The molecule has 0 radical (unpaired) electrons. The zero-order valence-corrected chi connectivity index (χ0v) is 14.4. The summed E-state index contributed by atoms with van der Waals surface area (Å²) in [7, 11) is 0. The predicted molar refractivity (Wildman–Crippen MR) is 95.1 cm³/mol. The van der Waals surface area contributed by atoms with Crippen LogP contribution in [-0.4, -0.2) is 57.8 Å². The molecule has 2 aromatic rings. The molecule has 3 N–H and O–H groups in total. The highest BCUT2D eigenvalue weighted by Gasteiger charge is 2.25. The average Bonchev–Trinajstić information content (AvgIpc) is 2.98. The Morgan fingerprint density at radius 1 is 1.21 bits per heavy atom. The minimum absolute atomic E-state index is 0. The molecular weight excluding hydrogens is 330 g/mol. The lowest BCUT2D eigenvalue weighted by Crippen LogP contribution is -2.51. The summed E-state index contributed by atoms with van der Waals surface area (Å²) in [5.41, 5.74) is 0.394. The number of piperidine rings is 2. The Hall–Kier alpha value is -1.64. The predicted octanol–water partition coefficient (Wildman–Crippen LogP) is 0.150. The molecule has 9 heteroatoms. The van der Waals surface area contributed by atoms with Crippen molar-refractivity contribution >= 4 is 23.9 Å². The number of aromatic nitrogens is 4. The Kier molecular flexibility index (Phi) is 5.37. The van der Waals surface area contributed by atoms with Crippen LogP contribution in [0.4, 0.5) is 5.82 Å². The second-order valence-corrected chi connectivity index (χ2v) is 6.45. The van der Waals surface area contributed by atoms with Crippen LogP contribution in [0.3, 0.4) is 0 Å². The maximum absolute atomic E-state index is 11.7. The molecule has 2 saturated heterocycles. The largest absolute Gasteiger partial charge is 0.352 e. The number of anilines is 1. The Balaban J connectivity index is 0.00000169. The Labute approximate surface area is 146 Å². The quantitative estimate of drug-likeness (QED) is 0.727. The number of hydrogen-bond acceptors (Lipinski definition) is 6. The summed E-state index contributed by atoms with van der Waals surface area (Å²) in [5, 5.41) is 13.8. The molecule has 4 heterocycles. The van der Waals surface area contributed by atoms with Crippen LogP contribution in [0.15, 0.2) is 17.2 Å². The maximum atomic E-state index is 11.7. The molecule has 0 amide bonds. The summed E-state index contributed by atoms with van der Waals surface area (Å²) >= 11 is 0. The van der Waals surface area contributed by atoms with Crippen molar-refractivity contribution in [2.24, 2.45) is 0 Å². The van der Waals surface area contributed by atoms with Gasteiger partial charge in [0.15, 0.2) is 5.82 Å². The summed E-state index contributed by atoms with van der Waals surface area (Å²) in [6, 6.07) is 1.08. The van der Waals surface area contributed by atoms with Gasteiger partial charge in [0.2, 0.25) is 5.65 Å². The summed E-state index contributed by atoms with van der Waals surface area (Å²) < 4.78 is 1.52. The number of rotatable bonds is 3. The van der Waals surface area contributed by atoms with Crippen LogP contribution in [0.5, 0.6) is 0 Å². The van der Waals surface area contributed by atoms with Gasteiger partial charge in [-0.15, -0.1) is 17.5 Å². The number of aromatic amines is 1. The first-order chi connectivity index (χ1) is 11.3. The number of nitrogens with zero attached hydrogens (tertiary/aromatic N) is 4. The molecule has 2 aliphatic rings. The standard InChI is InChI=1S/C15H23N7O.ClH/c23-15-20-19-14-13(17-7-9-22(14)15)21-8-1-2-12(10-21)18-11-3-5-16-6-4-11;/h7,9,11-12,16,18H,1-6,8,10H2,(H,20,23);1H. The summed E-state index contributed by atoms with van der Waals surface area (Å²) in [4.78, 5) is 18.4. The van der Waals surface area contributed by atoms with E-state index in [1.165, 1.54) is 23.7 Å². The zero-order chi connectivity index (χ0) is 15.6. The van der Waals surface area contributed by atoms with E-state index in [9.17, 15) is 4.79 Å². The third kappa shape index (κ3) is 3.40. The molecule has 0 aromatic carbocycles. The fraction of sp³-hybridized carbons (Fsp3) is 0.667. The lowest BCUT2D eigenvalue weighted by molar-refractivity contribution is 0.320. The first kappa shape index (κ1) is 17.2. The highest BCUT2D eigenvalue weighted by Crippen LogP contribution is 2.21. The number of nitrogens with one attached hydrogen (secondary N) is 3. The van der Waals surface area contributed by atoms with E-state index < -0.39 is 0 Å². The number of halogens is 1. The van der Waals surface area contributed by atoms with E-state index in [0.717, 1.165) is 38.4 Å². The number of fused-ring (bicyclic) bond motifs is 1. The molecule has 24 heavy (non-hydrogen) atoms. The number of hydrogen-bond donors (Lipinski definition) is 3. The van der Waals surface area contributed by atoms with Gasteiger partial charge in [-0.05, 0) is 38.8 Å². The van der Waals surface area contributed by atoms with Crippen LogP contribution in [0.2, 0.25) is 0 Å². The van der Waals surface area contributed by atoms with E-state index >= 15 is 0 Å². The molecular formula is C15H24ClN7O. The fourth-order valence-electron chi connectivity index (χ4n) is 3.68. The minimum atomic E-state index is -0.218. The summed E-state index contributed by atoms with van der Waals surface area (Å²) in [6.45, 7) is 4.08. The van der Waals surface area contributed by atoms with Crippen LogP contribution in [0, 0.1) is 0 Å². The van der Waals surface area contributed by atoms with Crippen LogP contribution >= 0.6 is 12.4 Å². The van der Waals surface area contributed by atoms with Gasteiger partial charge < -0.3 is 15.5 Å². The van der Waals surface area contributed by atoms with Crippen molar-refractivity contribution in [3.05, 3.63) is 22.9 Å². The van der Waals surface area contributed by atoms with Gasteiger partial charge in [-0.2, -0.15) is 0 Å². The van der Waals surface area contributed by atoms with Crippen molar-refractivity contribution in [3.8, 4) is 0 Å². The molecule has 0 saturated carbocycles.